The summed E-state index contributed by atoms with van der Waals surface area (Å²) in [5.41, 5.74) is 2.90. The molecule has 0 radical (unpaired) electrons. The summed E-state index contributed by atoms with van der Waals surface area (Å²) in [5.74, 6) is -0.865. The van der Waals surface area contributed by atoms with Crippen LogP contribution in [-0.2, 0) is 14.8 Å². The Morgan fingerprint density at radius 3 is 2.43 bits per heavy atom. The van der Waals surface area contributed by atoms with Gasteiger partial charge in [-0.1, -0.05) is 12.1 Å². The molecule has 2 rings (SSSR count). The molecule has 0 bridgehead atoms. The molecule has 0 fully saturated rings. The minimum Gasteiger partial charge on any atom is -0.462 e. The molecule has 1 N–H and O–H groups in total. The van der Waals surface area contributed by atoms with E-state index in [4.69, 9.17) is 4.74 Å². The Labute approximate surface area is 165 Å². The molecule has 0 aromatic heterocycles. The van der Waals surface area contributed by atoms with E-state index in [9.17, 15) is 18.0 Å². The summed E-state index contributed by atoms with van der Waals surface area (Å²) in [5, 5.41) is 2.77. The fraction of sp³-hybridized carbons (Fsp3) is 0.300. The highest BCUT2D eigenvalue weighted by Gasteiger charge is 2.18. The Morgan fingerprint density at radius 2 is 1.82 bits per heavy atom. The quantitative estimate of drug-likeness (QED) is 0.747. The molecule has 1 amide bonds. The maximum absolute atomic E-state index is 12.7. The number of sulfonamides is 1. The van der Waals surface area contributed by atoms with E-state index in [1.807, 2.05) is 0 Å². The molecule has 0 aliphatic heterocycles. The normalized spacial score (nSPS) is 11.0. The molecule has 7 nitrogen and oxygen atoms in total. The Bertz CT molecular complexity index is 1020. The van der Waals surface area contributed by atoms with Gasteiger partial charge in [0.05, 0.1) is 24.1 Å². The number of hydrogen-bond donors (Lipinski definition) is 1. The summed E-state index contributed by atoms with van der Waals surface area (Å²) < 4.78 is 29.8. The number of esters is 1. The highest BCUT2D eigenvalue weighted by atomic mass is 32.2. The number of ether oxygens (including phenoxy) is 1. The van der Waals surface area contributed by atoms with Gasteiger partial charge in [-0.3, -0.25) is 9.10 Å². The van der Waals surface area contributed by atoms with Gasteiger partial charge in [-0.2, -0.15) is 0 Å². The topological polar surface area (TPSA) is 92.8 Å². The smallest absolute Gasteiger partial charge is 0.338 e. The molecular formula is C20H24N2O5S. The molecule has 0 saturated carbocycles. The maximum Gasteiger partial charge on any atom is 0.338 e. The summed E-state index contributed by atoms with van der Waals surface area (Å²) in [6, 6.07) is 9.81. The van der Waals surface area contributed by atoms with E-state index in [1.54, 1.807) is 51.1 Å². The maximum atomic E-state index is 12.7. The van der Waals surface area contributed by atoms with Crippen LogP contribution in [0.3, 0.4) is 0 Å². The van der Waals surface area contributed by atoms with Crippen LogP contribution >= 0.6 is 0 Å². The van der Waals surface area contributed by atoms with E-state index < -0.39 is 21.9 Å². The Hall–Kier alpha value is -2.87. The lowest BCUT2D eigenvalue weighted by Crippen LogP contribution is -2.26. The lowest BCUT2D eigenvalue weighted by Gasteiger charge is -2.20. The van der Waals surface area contributed by atoms with Gasteiger partial charge in [0.15, 0.2) is 0 Å². The molecule has 0 heterocycles. The molecule has 8 heteroatoms. The molecule has 0 unspecified atom stereocenters. The first kappa shape index (κ1) is 21.4. The number of aryl methyl sites for hydroxylation is 1. The number of carbonyl (C=O) groups excluding carboxylic acids is 2. The van der Waals surface area contributed by atoms with Gasteiger partial charge >= 0.3 is 5.97 Å². The SMILES string of the molecule is CCOC(=O)c1cccc(NC(=O)c2ccc(C)c(N(C)S(C)(=O)=O)c2)c1C. The van der Waals surface area contributed by atoms with Crippen molar-refractivity contribution in [3.05, 3.63) is 58.7 Å². The molecule has 0 saturated heterocycles. The Morgan fingerprint density at radius 1 is 1.14 bits per heavy atom. The van der Waals surface area contributed by atoms with Crippen LogP contribution in [-0.4, -0.2) is 40.2 Å². The van der Waals surface area contributed by atoms with E-state index in [-0.39, 0.29) is 6.61 Å². The second-order valence-corrected chi connectivity index (χ2v) is 8.40. The number of hydrogen-bond acceptors (Lipinski definition) is 5. The molecule has 0 spiro atoms. The Kier molecular flexibility index (Phi) is 6.45. The minimum absolute atomic E-state index is 0.259. The average molecular weight is 404 g/mol. The number of amides is 1. The number of nitrogens with zero attached hydrogens (tertiary/aromatic N) is 1. The standard InChI is InChI=1S/C20H24N2O5S/c1-6-27-20(24)16-8-7-9-17(14(16)3)21-19(23)15-11-10-13(2)18(12-15)22(4)28(5,25)26/h7-12H,6H2,1-5H3,(H,21,23). The van der Waals surface area contributed by atoms with Crippen LogP contribution in [0.15, 0.2) is 36.4 Å². The van der Waals surface area contributed by atoms with Crippen LogP contribution in [0.4, 0.5) is 11.4 Å². The van der Waals surface area contributed by atoms with Gasteiger partial charge in [-0.25, -0.2) is 13.2 Å². The van der Waals surface area contributed by atoms with Crippen molar-refractivity contribution in [2.45, 2.75) is 20.8 Å². The second kappa shape index (κ2) is 8.43. The van der Waals surface area contributed by atoms with Gasteiger partial charge in [0.25, 0.3) is 5.91 Å². The summed E-state index contributed by atoms with van der Waals surface area (Å²) >= 11 is 0. The fourth-order valence-corrected chi connectivity index (χ4v) is 3.22. The van der Waals surface area contributed by atoms with Crippen molar-refractivity contribution in [1.82, 2.24) is 0 Å². The van der Waals surface area contributed by atoms with Crippen LogP contribution in [0.2, 0.25) is 0 Å². The minimum atomic E-state index is -3.46. The molecule has 0 atom stereocenters. The van der Waals surface area contributed by atoms with Crippen LogP contribution in [0, 0.1) is 13.8 Å². The van der Waals surface area contributed by atoms with Crippen LogP contribution < -0.4 is 9.62 Å². The molecule has 0 aliphatic carbocycles. The van der Waals surface area contributed by atoms with E-state index in [2.05, 4.69) is 5.32 Å². The van der Waals surface area contributed by atoms with Crippen molar-refractivity contribution in [1.29, 1.82) is 0 Å². The van der Waals surface area contributed by atoms with Crippen molar-refractivity contribution < 1.29 is 22.7 Å². The molecule has 2 aromatic rings. The number of carbonyl (C=O) groups is 2. The Balaban J connectivity index is 2.34. The fourth-order valence-electron chi connectivity index (χ4n) is 2.66. The van der Waals surface area contributed by atoms with Crippen molar-refractivity contribution in [2.75, 3.05) is 29.5 Å². The number of benzene rings is 2. The zero-order chi connectivity index (χ0) is 21.1. The number of nitrogens with one attached hydrogen (secondary N) is 1. The number of rotatable bonds is 6. The predicted molar refractivity (Wildman–Crippen MR) is 110 cm³/mol. The van der Waals surface area contributed by atoms with Gasteiger partial charge in [-0.05, 0) is 56.2 Å². The molecule has 28 heavy (non-hydrogen) atoms. The van der Waals surface area contributed by atoms with E-state index >= 15 is 0 Å². The third-order valence-corrected chi connectivity index (χ3v) is 5.58. The van der Waals surface area contributed by atoms with Gasteiger partial charge in [-0.15, -0.1) is 0 Å². The first-order chi connectivity index (χ1) is 13.1. The summed E-state index contributed by atoms with van der Waals surface area (Å²) in [6.45, 7) is 5.47. The average Bonchev–Trinajstić information content (AvgIpc) is 2.62. The largest absolute Gasteiger partial charge is 0.462 e. The number of anilines is 2. The van der Waals surface area contributed by atoms with Gasteiger partial charge < -0.3 is 10.1 Å². The van der Waals surface area contributed by atoms with E-state index in [1.165, 1.54) is 13.1 Å². The van der Waals surface area contributed by atoms with Crippen molar-refractivity contribution in [2.24, 2.45) is 0 Å². The van der Waals surface area contributed by atoms with Gasteiger partial charge in [0, 0.05) is 18.3 Å². The highest BCUT2D eigenvalue weighted by Crippen LogP contribution is 2.25. The molecule has 2 aromatic carbocycles. The van der Waals surface area contributed by atoms with E-state index in [0.29, 0.717) is 28.1 Å². The monoisotopic (exact) mass is 404 g/mol. The third-order valence-electron chi connectivity index (χ3n) is 4.39. The van der Waals surface area contributed by atoms with E-state index in [0.717, 1.165) is 16.1 Å². The first-order valence-electron chi connectivity index (χ1n) is 8.69. The zero-order valence-electron chi connectivity index (χ0n) is 16.6. The van der Waals surface area contributed by atoms with Crippen molar-refractivity contribution >= 4 is 33.3 Å². The third kappa shape index (κ3) is 4.69. The van der Waals surface area contributed by atoms with Crippen LogP contribution in [0.25, 0.3) is 0 Å². The zero-order valence-corrected chi connectivity index (χ0v) is 17.4. The summed E-state index contributed by atoms with van der Waals surface area (Å²) in [4.78, 5) is 24.7. The second-order valence-electron chi connectivity index (χ2n) is 6.38. The van der Waals surface area contributed by atoms with Crippen LogP contribution in [0.1, 0.15) is 38.8 Å². The van der Waals surface area contributed by atoms with Gasteiger partial charge in [0.2, 0.25) is 10.0 Å². The van der Waals surface area contributed by atoms with Gasteiger partial charge in [0.1, 0.15) is 0 Å². The molecular weight excluding hydrogens is 380 g/mol. The van der Waals surface area contributed by atoms with Crippen molar-refractivity contribution in [3.8, 4) is 0 Å². The van der Waals surface area contributed by atoms with Crippen molar-refractivity contribution in [3.63, 3.8) is 0 Å². The first-order valence-corrected chi connectivity index (χ1v) is 10.5. The lowest BCUT2D eigenvalue weighted by molar-refractivity contribution is 0.0525. The predicted octanol–water partition coefficient (Wildman–Crippen LogP) is 3.13. The molecule has 150 valence electrons. The van der Waals surface area contributed by atoms with Crippen LogP contribution in [0.5, 0.6) is 0 Å². The molecule has 0 aliphatic rings. The summed E-state index contributed by atoms with van der Waals surface area (Å²) in [7, 11) is -2.02. The highest BCUT2D eigenvalue weighted by molar-refractivity contribution is 7.92. The lowest BCUT2D eigenvalue weighted by atomic mass is 10.1. The summed E-state index contributed by atoms with van der Waals surface area (Å²) in [6.07, 6.45) is 1.10.